The summed E-state index contributed by atoms with van der Waals surface area (Å²) < 4.78 is 33.0. The number of hydrogen-bond acceptors (Lipinski definition) is 7. The third kappa shape index (κ3) is 4.70. The van der Waals surface area contributed by atoms with Crippen molar-refractivity contribution in [3.63, 3.8) is 0 Å². The van der Waals surface area contributed by atoms with E-state index in [1.807, 2.05) is 18.7 Å². The van der Waals surface area contributed by atoms with Crippen molar-refractivity contribution < 1.29 is 17.9 Å². The number of anilines is 1. The van der Waals surface area contributed by atoms with E-state index < -0.39 is 15.7 Å². The van der Waals surface area contributed by atoms with Crippen LogP contribution in [0.15, 0.2) is 64.6 Å². The Bertz CT molecular complexity index is 1440. The fourth-order valence-electron chi connectivity index (χ4n) is 4.54. The highest BCUT2D eigenvalue weighted by Gasteiger charge is 2.40. The van der Waals surface area contributed by atoms with Gasteiger partial charge in [-0.15, -0.1) is 6.42 Å². The van der Waals surface area contributed by atoms with Crippen LogP contribution in [0.5, 0.6) is 11.6 Å². The number of hydrogen-bond donors (Lipinski definition) is 1. The van der Waals surface area contributed by atoms with E-state index in [0.29, 0.717) is 23.8 Å². The van der Waals surface area contributed by atoms with Gasteiger partial charge in [-0.1, -0.05) is 25.0 Å². The van der Waals surface area contributed by atoms with Crippen LogP contribution >= 0.6 is 0 Å². The molecule has 3 heterocycles. The van der Waals surface area contributed by atoms with Gasteiger partial charge in [-0.3, -0.25) is 4.79 Å². The summed E-state index contributed by atoms with van der Waals surface area (Å²) in [5.74, 6) is 2.71. The maximum atomic E-state index is 13.7. The largest absolute Gasteiger partial charge is 0.439 e. The number of ether oxygens (including phenoxy) is 1. The zero-order valence-corrected chi connectivity index (χ0v) is 20.5. The third-order valence-corrected chi connectivity index (χ3v) is 7.65. The van der Waals surface area contributed by atoms with Crippen LogP contribution in [0.25, 0.3) is 0 Å². The molecule has 1 amide bonds. The first-order valence-corrected chi connectivity index (χ1v) is 12.5. The Morgan fingerprint density at radius 1 is 1.23 bits per heavy atom. The lowest BCUT2D eigenvalue weighted by atomic mass is 9.97. The number of sulfone groups is 1. The van der Waals surface area contributed by atoms with E-state index in [-0.39, 0.29) is 32.7 Å². The van der Waals surface area contributed by atoms with E-state index >= 15 is 0 Å². The lowest BCUT2D eigenvalue weighted by molar-refractivity contribution is 0.0997. The molecular formula is C26H26N4O4S. The number of aromatic nitrogens is 2. The van der Waals surface area contributed by atoms with E-state index in [0.717, 1.165) is 6.42 Å². The fourth-order valence-corrected chi connectivity index (χ4v) is 5.93. The van der Waals surface area contributed by atoms with Crippen molar-refractivity contribution in [2.75, 3.05) is 11.4 Å². The Labute approximate surface area is 205 Å². The summed E-state index contributed by atoms with van der Waals surface area (Å²) in [5.41, 5.74) is 5.85. The average Bonchev–Trinajstić information content (AvgIpc) is 3.10. The maximum Gasteiger partial charge on any atom is 0.253 e. The maximum absolute atomic E-state index is 13.7. The normalized spacial score (nSPS) is 17.1. The number of carbonyl (C=O) groups excluding carboxylic acids is 1. The minimum Gasteiger partial charge on any atom is -0.439 e. The smallest absolute Gasteiger partial charge is 0.253 e. The molecule has 0 saturated carbocycles. The SMILES string of the molecule is C#Cc1cccc(Oc2cccc(S(=O)(=O)c3ccnc(N4CC(C)CC4(C)C)c3C(N)=O)n2)c1. The molecule has 9 heteroatoms. The van der Waals surface area contributed by atoms with Crippen LogP contribution in [0, 0.1) is 18.3 Å². The lowest BCUT2D eigenvalue weighted by Gasteiger charge is -2.33. The average molecular weight is 491 g/mol. The zero-order valence-electron chi connectivity index (χ0n) is 19.7. The minimum absolute atomic E-state index is 0.0599. The highest BCUT2D eigenvalue weighted by Crippen LogP contribution is 2.39. The molecule has 8 nitrogen and oxygen atoms in total. The molecule has 35 heavy (non-hydrogen) atoms. The molecule has 4 rings (SSSR count). The molecule has 3 aromatic rings. The molecule has 1 aromatic carbocycles. The van der Waals surface area contributed by atoms with Gasteiger partial charge >= 0.3 is 0 Å². The molecule has 1 aliphatic heterocycles. The van der Waals surface area contributed by atoms with Crippen LogP contribution < -0.4 is 15.4 Å². The van der Waals surface area contributed by atoms with E-state index in [9.17, 15) is 13.2 Å². The molecule has 0 bridgehead atoms. The van der Waals surface area contributed by atoms with Crippen LogP contribution in [0.4, 0.5) is 5.82 Å². The van der Waals surface area contributed by atoms with E-state index in [2.05, 4.69) is 22.8 Å². The molecule has 1 atom stereocenters. The standard InChI is InChI=1S/C26H26N4O4S/c1-5-18-8-6-9-19(14-18)34-21-10-7-11-22(29-21)35(32,33)20-12-13-28-25(23(20)24(27)31)30-16-17(2)15-26(30,3)4/h1,6-14,17H,15-16H2,2-4H3,(H2,27,31). The molecule has 2 N–H and O–H groups in total. The Kier molecular flexibility index (Phi) is 6.26. The number of benzene rings is 1. The summed E-state index contributed by atoms with van der Waals surface area (Å²) in [7, 11) is -4.24. The van der Waals surface area contributed by atoms with Gasteiger partial charge in [-0.25, -0.2) is 18.4 Å². The number of carbonyl (C=O) groups is 1. The second-order valence-corrected chi connectivity index (χ2v) is 11.1. The molecule has 0 radical (unpaired) electrons. The number of nitrogens with zero attached hydrogens (tertiary/aromatic N) is 3. The number of nitrogens with two attached hydrogens (primary N) is 1. The van der Waals surface area contributed by atoms with Crippen molar-refractivity contribution in [3.8, 4) is 24.0 Å². The van der Waals surface area contributed by atoms with Crippen molar-refractivity contribution in [3.05, 3.63) is 65.9 Å². The number of amides is 1. The summed E-state index contributed by atoms with van der Waals surface area (Å²) in [6.45, 7) is 6.78. The van der Waals surface area contributed by atoms with Crippen molar-refractivity contribution in [1.29, 1.82) is 0 Å². The number of pyridine rings is 2. The number of rotatable bonds is 6. The van der Waals surface area contributed by atoms with Gasteiger partial charge in [0, 0.05) is 29.9 Å². The molecule has 0 aliphatic carbocycles. The first-order valence-electron chi connectivity index (χ1n) is 11.1. The molecule has 2 aromatic heterocycles. The summed E-state index contributed by atoms with van der Waals surface area (Å²) in [6, 6.07) is 12.5. The van der Waals surface area contributed by atoms with Crippen molar-refractivity contribution in [1.82, 2.24) is 9.97 Å². The number of terminal acetylenes is 1. The molecule has 1 aliphatic rings. The van der Waals surface area contributed by atoms with Gasteiger partial charge in [0.1, 0.15) is 17.1 Å². The molecule has 180 valence electrons. The van der Waals surface area contributed by atoms with Gasteiger partial charge in [0.15, 0.2) is 5.03 Å². The summed E-state index contributed by atoms with van der Waals surface area (Å²) in [5, 5.41) is -0.281. The van der Waals surface area contributed by atoms with Crippen LogP contribution in [0.2, 0.25) is 0 Å². The predicted molar refractivity (Wildman–Crippen MR) is 132 cm³/mol. The lowest BCUT2D eigenvalue weighted by Crippen LogP contribution is -2.40. The summed E-state index contributed by atoms with van der Waals surface area (Å²) >= 11 is 0. The third-order valence-electron chi connectivity index (χ3n) is 5.95. The van der Waals surface area contributed by atoms with E-state index in [4.69, 9.17) is 16.9 Å². The van der Waals surface area contributed by atoms with Crippen LogP contribution in [-0.4, -0.2) is 36.4 Å². The summed E-state index contributed by atoms with van der Waals surface area (Å²) in [4.78, 5) is 22.8. The van der Waals surface area contributed by atoms with Gasteiger partial charge in [0.25, 0.3) is 5.91 Å². The van der Waals surface area contributed by atoms with Crippen molar-refractivity contribution in [2.45, 2.75) is 42.7 Å². The van der Waals surface area contributed by atoms with Gasteiger partial charge < -0.3 is 15.4 Å². The zero-order chi connectivity index (χ0) is 25.4. The van der Waals surface area contributed by atoms with E-state index in [1.54, 1.807) is 24.3 Å². The van der Waals surface area contributed by atoms with Crippen molar-refractivity contribution >= 4 is 21.6 Å². The minimum atomic E-state index is -4.24. The Balaban J connectivity index is 1.77. The highest BCUT2D eigenvalue weighted by molar-refractivity contribution is 7.91. The van der Waals surface area contributed by atoms with Gasteiger partial charge in [-0.05, 0) is 56.5 Å². The van der Waals surface area contributed by atoms with Gasteiger partial charge in [0.2, 0.25) is 15.7 Å². The Hall–Kier alpha value is -3.90. The topological polar surface area (TPSA) is 115 Å². The monoisotopic (exact) mass is 490 g/mol. The van der Waals surface area contributed by atoms with Gasteiger partial charge in [-0.2, -0.15) is 0 Å². The first kappa shape index (κ1) is 24.2. The fraction of sp³-hybridized carbons (Fsp3) is 0.269. The van der Waals surface area contributed by atoms with E-state index in [1.165, 1.54) is 30.5 Å². The quantitative estimate of drug-likeness (QED) is 0.523. The molecule has 1 fully saturated rings. The van der Waals surface area contributed by atoms with Crippen LogP contribution in [0.1, 0.15) is 43.1 Å². The summed E-state index contributed by atoms with van der Waals surface area (Å²) in [6.07, 6.45) is 7.67. The highest BCUT2D eigenvalue weighted by atomic mass is 32.2. The molecule has 0 spiro atoms. The van der Waals surface area contributed by atoms with Crippen LogP contribution in [0.3, 0.4) is 0 Å². The Morgan fingerprint density at radius 3 is 2.63 bits per heavy atom. The molecule has 1 unspecified atom stereocenters. The first-order chi connectivity index (χ1) is 16.5. The van der Waals surface area contributed by atoms with Gasteiger partial charge in [0.05, 0.1) is 4.90 Å². The van der Waals surface area contributed by atoms with Crippen molar-refractivity contribution in [2.24, 2.45) is 11.7 Å². The number of primary amides is 1. The molecular weight excluding hydrogens is 464 g/mol. The Morgan fingerprint density at radius 2 is 1.97 bits per heavy atom. The molecule has 1 saturated heterocycles. The predicted octanol–water partition coefficient (Wildman–Crippen LogP) is 3.81. The second kappa shape index (κ2) is 9.04. The van der Waals surface area contributed by atoms with Crippen LogP contribution in [-0.2, 0) is 9.84 Å². The second-order valence-electron chi connectivity index (χ2n) is 9.20.